The fourth-order valence-electron chi connectivity index (χ4n) is 1.33. The summed E-state index contributed by atoms with van der Waals surface area (Å²) in [6, 6.07) is 6.05. The van der Waals surface area contributed by atoms with E-state index in [1.165, 1.54) is 5.19 Å². The molecule has 0 aliphatic heterocycles. The average Bonchev–Trinajstić information content (AvgIpc) is 2.28. The summed E-state index contributed by atoms with van der Waals surface area (Å²) in [7, 11) is 1.78. The first-order valence-corrected chi connectivity index (χ1v) is 8.58. The molecule has 1 rings (SSSR count). The molecule has 0 spiro atoms. The molecule has 2 nitrogen and oxygen atoms in total. The Morgan fingerprint density at radius 1 is 1.13 bits per heavy atom. The molecule has 0 heterocycles. The maximum absolute atomic E-state index is 5.99. The van der Waals surface area contributed by atoms with Crippen molar-refractivity contribution >= 4 is 24.9 Å². The van der Waals surface area contributed by atoms with Gasteiger partial charge in [-0.3, -0.25) is 0 Å². The Hall–Kier alpha value is -0.673. The number of hydrogen-bond acceptors (Lipinski definition) is 2. The fourth-order valence-corrected chi connectivity index (χ4v) is 3.01. The van der Waals surface area contributed by atoms with E-state index in [-0.39, 0.29) is 0 Å². The number of rotatable bonds is 4. The van der Waals surface area contributed by atoms with Crippen molar-refractivity contribution in [1.29, 1.82) is 0 Å². The molecule has 1 aromatic carbocycles. The Morgan fingerprint density at radius 2 is 1.73 bits per heavy atom. The number of benzene rings is 1. The van der Waals surface area contributed by atoms with Gasteiger partial charge in [0, 0.05) is 5.50 Å². The number of halogens is 1. The Bertz CT molecular complexity index is 339. The standard InChI is InChI=1S/C11H17ClO2Si/c1-13-10-6-5-9(7-11(10)14-2)15(3,4)8-12/h5-7H,8H2,1-4H3. The number of hydrogen-bond donors (Lipinski definition) is 0. The maximum atomic E-state index is 5.99. The molecule has 0 bridgehead atoms. The van der Waals surface area contributed by atoms with Gasteiger partial charge in [0.25, 0.3) is 0 Å². The molecule has 0 fully saturated rings. The Labute approximate surface area is 97.2 Å². The fraction of sp³-hybridized carbons (Fsp3) is 0.455. The minimum atomic E-state index is -1.51. The smallest absolute Gasteiger partial charge is 0.160 e. The summed E-state index contributed by atoms with van der Waals surface area (Å²) in [4.78, 5) is 0. The van der Waals surface area contributed by atoms with Crippen LogP contribution in [0.5, 0.6) is 11.5 Å². The van der Waals surface area contributed by atoms with Crippen molar-refractivity contribution in [1.82, 2.24) is 0 Å². The molecular weight excluding hydrogens is 228 g/mol. The van der Waals surface area contributed by atoms with E-state index >= 15 is 0 Å². The first-order chi connectivity index (χ1) is 7.05. The van der Waals surface area contributed by atoms with Crippen LogP contribution in [0, 0.1) is 0 Å². The van der Waals surface area contributed by atoms with E-state index in [2.05, 4.69) is 19.2 Å². The predicted molar refractivity (Wildman–Crippen MR) is 67.4 cm³/mol. The molecular formula is C11H17ClO2Si. The lowest BCUT2D eigenvalue weighted by Crippen LogP contribution is -2.43. The van der Waals surface area contributed by atoms with Gasteiger partial charge < -0.3 is 9.47 Å². The summed E-state index contributed by atoms with van der Waals surface area (Å²) in [6.45, 7) is 4.47. The molecule has 0 saturated carbocycles. The lowest BCUT2D eigenvalue weighted by atomic mass is 10.3. The molecule has 4 heteroatoms. The Morgan fingerprint density at radius 3 is 2.20 bits per heavy atom. The summed E-state index contributed by atoms with van der Waals surface area (Å²) in [5.41, 5.74) is 0.711. The molecule has 84 valence electrons. The second-order valence-electron chi connectivity index (χ2n) is 4.09. The van der Waals surface area contributed by atoms with Gasteiger partial charge in [-0.2, -0.15) is 0 Å². The van der Waals surface area contributed by atoms with Crippen LogP contribution in [0.4, 0.5) is 0 Å². The largest absolute Gasteiger partial charge is 0.493 e. The van der Waals surface area contributed by atoms with Crippen molar-refractivity contribution in [3.63, 3.8) is 0 Å². The highest BCUT2D eigenvalue weighted by atomic mass is 35.5. The molecule has 0 N–H and O–H groups in total. The van der Waals surface area contributed by atoms with Crippen LogP contribution in [0.3, 0.4) is 0 Å². The van der Waals surface area contributed by atoms with Crippen LogP contribution in [0.25, 0.3) is 0 Å². The summed E-state index contributed by atoms with van der Waals surface area (Å²) in [5, 5.41) is 1.29. The van der Waals surface area contributed by atoms with Crippen molar-refractivity contribution in [2.24, 2.45) is 0 Å². The second kappa shape index (κ2) is 4.90. The van der Waals surface area contributed by atoms with Gasteiger partial charge in [-0.1, -0.05) is 24.3 Å². The quantitative estimate of drug-likeness (QED) is 0.598. The molecule has 0 aliphatic carbocycles. The first-order valence-electron chi connectivity index (χ1n) is 4.83. The third-order valence-electron chi connectivity index (χ3n) is 2.50. The van der Waals surface area contributed by atoms with Crippen molar-refractivity contribution in [2.75, 3.05) is 19.7 Å². The van der Waals surface area contributed by atoms with E-state index in [1.54, 1.807) is 14.2 Å². The highest BCUT2D eigenvalue weighted by molar-refractivity contribution is 6.94. The highest BCUT2D eigenvalue weighted by Crippen LogP contribution is 2.25. The summed E-state index contributed by atoms with van der Waals surface area (Å²) >= 11 is 5.99. The second-order valence-corrected chi connectivity index (χ2v) is 9.50. The molecule has 0 aromatic heterocycles. The van der Waals surface area contributed by atoms with Crippen molar-refractivity contribution in [3.8, 4) is 11.5 Å². The molecule has 0 radical (unpaired) electrons. The van der Waals surface area contributed by atoms with Gasteiger partial charge in [0.05, 0.1) is 22.3 Å². The third-order valence-corrected chi connectivity index (χ3v) is 7.05. The van der Waals surface area contributed by atoms with Gasteiger partial charge in [-0.15, -0.1) is 11.6 Å². The van der Waals surface area contributed by atoms with Gasteiger partial charge in [-0.25, -0.2) is 0 Å². The monoisotopic (exact) mass is 244 g/mol. The van der Waals surface area contributed by atoms with E-state index in [9.17, 15) is 0 Å². The first kappa shape index (κ1) is 12.4. The summed E-state index contributed by atoms with van der Waals surface area (Å²) in [5.74, 6) is 1.54. The zero-order chi connectivity index (χ0) is 11.5. The topological polar surface area (TPSA) is 18.5 Å². The Balaban J connectivity index is 3.13. The van der Waals surface area contributed by atoms with Gasteiger partial charge in [0.15, 0.2) is 11.5 Å². The zero-order valence-corrected chi connectivity index (χ0v) is 11.4. The third kappa shape index (κ3) is 2.67. The predicted octanol–water partition coefficient (Wildman–Crippen LogP) is 2.40. The van der Waals surface area contributed by atoms with Gasteiger partial charge in [-0.05, 0) is 12.1 Å². The van der Waals surface area contributed by atoms with E-state index in [1.807, 2.05) is 12.1 Å². The maximum Gasteiger partial charge on any atom is 0.160 e. The lowest BCUT2D eigenvalue weighted by molar-refractivity contribution is 0.355. The molecule has 15 heavy (non-hydrogen) atoms. The molecule has 1 aromatic rings. The Kier molecular flexibility index (Phi) is 4.05. The number of methoxy groups -OCH3 is 2. The summed E-state index contributed by atoms with van der Waals surface area (Å²) in [6.07, 6.45) is 0. The van der Waals surface area contributed by atoms with Gasteiger partial charge >= 0.3 is 0 Å². The lowest BCUT2D eigenvalue weighted by Gasteiger charge is -2.20. The minimum absolute atomic E-state index is 0.711. The summed E-state index contributed by atoms with van der Waals surface area (Å²) < 4.78 is 10.5. The molecule has 0 atom stereocenters. The van der Waals surface area contributed by atoms with Crippen LogP contribution in [-0.2, 0) is 0 Å². The van der Waals surface area contributed by atoms with Crippen LogP contribution >= 0.6 is 11.6 Å². The van der Waals surface area contributed by atoms with E-state index in [0.717, 1.165) is 11.5 Å². The van der Waals surface area contributed by atoms with Crippen LogP contribution < -0.4 is 14.7 Å². The average molecular weight is 245 g/mol. The molecule has 0 unspecified atom stereocenters. The molecule has 0 aliphatic rings. The highest BCUT2D eigenvalue weighted by Gasteiger charge is 2.23. The minimum Gasteiger partial charge on any atom is -0.493 e. The number of alkyl halides is 1. The van der Waals surface area contributed by atoms with Gasteiger partial charge in [0.1, 0.15) is 0 Å². The van der Waals surface area contributed by atoms with Crippen LogP contribution in [0.15, 0.2) is 18.2 Å². The molecule has 0 saturated heterocycles. The van der Waals surface area contributed by atoms with Crippen LogP contribution in [-0.4, -0.2) is 27.8 Å². The van der Waals surface area contributed by atoms with E-state index in [0.29, 0.717) is 5.50 Å². The molecule has 0 amide bonds. The van der Waals surface area contributed by atoms with E-state index < -0.39 is 8.07 Å². The van der Waals surface area contributed by atoms with Crippen LogP contribution in [0.1, 0.15) is 0 Å². The number of ether oxygens (including phenoxy) is 2. The normalized spacial score (nSPS) is 11.3. The SMILES string of the molecule is COc1ccc([Si](C)(C)CCl)cc1OC. The van der Waals surface area contributed by atoms with Gasteiger partial charge in [0.2, 0.25) is 0 Å². The zero-order valence-electron chi connectivity index (χ0n) is 9.63. The van der Waals surface area contributed by atoms with Crippen molar-refractivity contribution in [3.05, 3.63) is 18.2 Å². The van der Waals surface area contributed by atoms with E-state index in [4.69, 9.17) is 21.1 Å². The van der Waals surface area contributed by atoms with Crippen molar-refractivity contribution in [2.45, 2.75) is 13.1 Å². The van der Waals surface area contributed by atoms with Crippen LogP contribution in [0.2, 0.25) is 13.1 Å². The van der Waals surface area contributed by atoms with Crippen molar-refractivity contribution < 1.29 is 9.47 Å².